The highest BCUT2D eigenvalue weighted by Gasteiger charge is 2.34. The van der Waals surface area contributed by atoms with Crippen LogP contribution in [0.2, 0.25) is 5.15 Å². The van der Waals surface area contributed by atoms with Crippen molar-refractivity contribution in [3.63, 3.8) is 0 Å². The molecule has 0 bridgehead atoms. The Morgan fingerprint density at radius 3 is 2.65 bits per heavy atom. The number of thioether (sulfide) groups is 1. The van der Waals surface area contributed by atoms with E-state index in [0.717, 1.165) is 12.8 Å². The zero-order valence-corrected chi connectivity index (χ0v) is 11.2. The summed E-state index contributed by atoms with van der Waals surface area (Å²) in [6.45, 7) is 0.472. The first-order valence-electron chi connectivity index (χ1n) is 5.61. The Kier molecular flexibility index (Phi) is 3.68. The monoisotopic (exact) mass is 274 g/mol. The van der Waals surface area contributed by atoms with Gasteiger partial charge in [0.1, 0.15) is 5.15 Å². The Morgan fingerprint density at radius 1 is 1.47 bits per heavy atom. The molecule has 1 saturated carbocycles. The van der Waals surface area contributed by atoms with Gasteiger partial charge in [-0.05, 0) is 19.1 Å². The van der Waals surface area contributed by atoms with Crippen LogP contribution in [0.5, 0.6) is 0 Å². The SMILES string of the molecule is CSC1(Cn2c(=O)cc(Cl)[nH]c2=O)CCCC1. The van der Waals surface area contributed by atoms with Gasteiger partial charge in [-0.2, -0.15) is 11.8 Å². The molecule has 2 rings (SSSR count). The fourth-order valence-electron chi connectivity index (χ4n) is 2.38. The minimum atomic E-state index is -0.414. The van der Waals surface area contributed by atoms with Crippen molar-refractivity contribution < 1.29 is 0 Å². The molecule has 0 aliphatic heterocycles. The van der Waals surface area contributed by atoms with Gasteiger partial charge in [0.05, 0.1) is 0 Å². The van der Waals surface area contributed by atoms with Gasteiger partial charge in [0.15, 0.2) is 0 Å². The molecule has 0 saturated heterocycles. The van der Waals surface area contributed by atoms with Crippen LogP contribution in [-0.4, -0.2) is 20.6 Å². The van der Waals surface area contributed by atoms with Crippen molar-refractivity contribution in [2.45, 2.75) is 37.0 Å². The average Bonchev–Trinajstić information content (AvgIpc) is 2.73. The number of nitrogens with one attached hydrogen (secondary N) is 1. The van der Waals surface area contributed by atoms with Gasteiger partial charge in [0.25, 0.3) is 5.56 Å². The van der Waals surface area contributed by atoms with Crippen LogP contribution in [0.1, 0.15) is 25.7 Å². The lowest BCUT2D eigenvalue weighted by Crippen LogP contribution is -2.41. The van der Waals surface area contributed by atoms with Gasteiger partial charge < -0.3 is 0 Å². The third-order valence-electron chi connectivity index (χ3n) is 3.38. The van der Waals surface area contributed by atoms with Gasteiger partial charge in [0, 0.05) is 17.4 Å². The first kappa shape index (κ1) is 12.8. The second-order valence-electron chi connectivity index (χ2n) is 4.44. The summed E-state index contributed by atoms with van der Waals surface area (Å²) in [7, 11) is 0. The molecular weight excluding hydrogens is 260 g/mol. The third kappa shape index (κ3) is 2.60. The lowest BCUT2D eigenvalue weighted by Gasteiger charge is -2.26. The Balaban J connectivity index is 2.36. The first-order chi connectivity index (χ1) is 8.06. The summed E-state index contributed by atoms with van der Waals surface area (Å²) in [5.41, 5.74) is -0.734. The standard InChI is InChI=1S/C11H15ClN2O2S/c1-17-11(4-2-3-5-11)7-14-9(15)6-8(12)13-10(14)16/h6H,2-5,7H2,1H3,(H,13,16). The fourth-order valence-corrected chi connectivity index (χ4v) is 3.51. The molecule has 0 amide bonds. The molecule has 0 aromatic carbocycles. The van der Waals surface area contributed by atoms with Crippen molar-refractivity contribution >= 4 is 23.4 Å². The second kappa shape index (κ2) is 4.90. The Bertz CT molecular complexity index is 486. The van der Waals surface area contributed by atoms with Crippen LogP contribution >= 0.6 is 23.4 Å². The largest absolute Gasteiger partial charge is 0.329 e. The molecule has 1 heterocycles. The number of rotatable bonds is 3. The van der Waals surface area contributed by atoms with Gasteiger partial charge in [0.2, 0.25) is 0 Å². The van der Waals surface area contributed by atoms with Crippen molar-refractivity contribution in [1.29, 1.82) is 0 Å². The maximum atomic E-state index is 11.8. The third-order valence-corrected chi connectivity index (χ3v) is 4.99. The molecule has 0 spiro atoms. The number of halogens is 1. The van der Waals surface area contributed by atoms with Crippen LogP contribution < -0.4 is 11.2 Å². The molecule has 1 aliphatic carbocycles. The summed E-state index contributed by atoms with van der Waals surface area (Å²) >= 11 is 7.38. The van der Waals surface area contributed by atoms with Gasteiger partial charge in [-0.1, -0.05) is 24.4 Å². The van der Waals surface area contributed by atoms with Gasteiger partial charge >= 0.3 is 5.69 Å². The molecule has 94 valence electrons. The van der Waals surface area contributed by atoms with Crippen LogP contribution in [0.3, 0.4) is 0 Å². The fraction of sp³-hybridized carbons (Fsp3) is 0.636. The summed E-state index contributed by atoms with van der Waals surface area (Å²) in [5, 5.41) is 0.0980. The lowest BCUT2D eigenvalue weighted by atomic mass is 10.1. The van der Waals surface area contributed by atoms with Crippen molar-refractivity contribution in [3.8, 4) is 0 Å². The average molecular weight is 275 g/mol. The number of hydrogen-bond donors (Lipinski definition) is 1. The van der Waals surface area contributed by atoms with E-state index in [9.17, 15) is 9.59 Å². The van der Waals surface area contributed by atoms with E-state index in [-0.39, 0.29) is 15.5 Å². The van der Waals surface area contributed by atoms with Crippen molar-refractivity contribution in [2.75, 3.05) is 6.26 Å². The van der Waals surface area contributed by atoms with Crippen molar-refractivity contribution in [1.82, 2.24) is 9.55 Å². The van der Waals surface area contributed by atoms with Crippen molar-refractivity contribution in [2.24, 2.45) is 0 Å². The number of aromatic nitrogens is 2. The second-order valence-corrected chi connectivity index (χ2v) is 6.12. The Hall–Kier alpha value is -0.680. The molecule has 1 N–H and O–H groups in total. The summed E-state index contributed by atoms with van der Waals surface area (Å²) in [4.78, 5) is 25.9. The molecule has 1 aromatic rings. The van der Waals surface area contributed by atoms with E-state index >= 15 is 0 Å². The number of nitrogens with zero attached hydrogens (tertiary/aromatic N) is 1. The highest BCUT2D eigenvalue weighted by atomic mass is 35.5. The number of aromatic amines is 1. The van der Waals surface area contributed by atoms with E-state index in [0.29, 0.717) is 6.54 Å². The van der Waals surface area contributed by atoms with Gasteiger partial charge in [-0.3, -0.25) is 14.3 Å². The first-order valence-corrected chi connectivity index (χ1v) is 7.21. The number of H-pyrrole nitrogens is 1. The van der Waals surface area contributed by atoms with Crippen LogP contribution in [0.15, 0.2) is 15.7 Å². The summed E-state index contributed by atoms with van der Waals surface area (Å²) < 4.78 is 1.29. The molecule has 0 radical (unpaired) electrons. The van der Waals surface area contributed by atoms with Gasteiger partial charge in [-0.15, -0.1) is 0 Å². The zero-order valence-electron chi connectivity index (χ0n) is 9.66. The summed E-state index contributed by atoms with van der Waals surface area (Å²) in [6, 6.07) is 1.26. The molecule has 0 atom stereocenters. The quantitative estimate of drug-likeness (QED) is 0.856. The molecule has 4 nitrogen and oxygen atoms in total. The van der Waals surface area contributed by atoms with E-state index in [4.69, 9.17) is 11.6 Å². The van der Waals surface area contributed by atoms with Crippen LogP contribution in [0.25, 0.3) is 0 Å². The Morgan fingerprint density at radius 2 is 2.12 bits per heavy atom. The van der Waals surface area contributed by atoms with Gasteiger partial charge in [-0.25, -0.2) is 4.79 Å². The Labute approximate surface area is 108 Å². The zero-order chi connectivity index (χ0) is 12.5. The molecular formula is C11H15ClN2O2S. The van der Waals surface area contributed by atoms with Crippen LogP contribution in [-0.2, 0) is 6.54 Å². The van der Waals surface area contributed by atoms with E-state index in [1.807, 2.05) is 6.26 Å². The minimum Gasteiger partial charge on any atom is -0.298 e. The molecule has 17 heavy (non-hydrogen) atoms. The predicted molar refractivity (Wildman–Crippen MR) is 71.0 cm³/mol. The maximum absolute atomic E-state index is 11.8. The number of hydrogen-bond acceptors (Lipinski definition) is 3. The van der Waals surface area contributed by atoms with Crippen LogP contribution in [0.4, 0.5) is 0 Å². The summed E-state index contributed by atoms with van der Waals surface area (Å²) in [6.07, 6.45) is 6.49. The van der Waals surface area contributed by atoms with E-state index in [1.165, 1.54) is 23.5 Å². The van der Waals surface area contributed by atoms with Crippen molar-refractivity contribution in [3.05, 3.63) is 32.1 Å². The minimum absolute atomic E-state index is 0.0324. The highest BCUT2D eigenvalue weighted by Crippen LogP contribution is 2.40. The molecule has 6 heteroatoms. The molecule has 1 aromatic heterocycles. The smallest absolute Gasteiger partial charge is 0.298 e. The topological polar surface area (TPSA) is 54.9 Å². The highest BCUT2D eigenvalue weighted by molar-refractivity contribution is 8.00. The van der Waals surface area contributed by atoms with E-state index < -0.39 is 5.69 Å². The van der Waals surface area contributed by atoms with Crippen LogP contribution in [0, 0.1) is 0 Å². The molecule has 0 unspecified atom stereocenters. The summed E-state index contributed by atoms with van der Waals surface area (Å²) in [5.74, 6) is 0. The maximum Gasteiger partial charge on any atom is 0.329 e. The van der Waals surface area contributed by atoms with E-state index in [1.54, 1.807) is 11.8 Å². The normalized spacial score (nSPS) is 18.5. The molecule has 1 fully saturated rings. The molecule has 1 aliphatic rings. The van der Waals surface area contributed by atoms with E-state index in [2.05, 4.69) is 4.98 Å². The lowest BCUT2D eigenvalue weighted by molar-refractivity contribution is 0.479. The predicted octanol–water partition coefficient (Wildman–Crippen LogP) is 1.87.